The molecule has 0 aliphatic heterocycles. The summed E-state index contributed by atoms with van der Waals surface area (Å²) in [7, 11) is 2.01. The SMILES string of the molecule is CN(CC1(CO)CC1)c1ccc(Cl)c(Cl)c1. The third-order valence-electron chi connectivity index (χ3n) is 3.21. The summed E-state index contributed by atoms with van der Waals surface area (Å²) in [5.74, 6) is 0. The van der Waals surface area contributed by atoms with Crippen LogP contribution < -0.4 is 4.90 Å². The zero-order valence-electron chi connectivity index (χ0n) is 9.21. The minimum Gasteiger partial charge on any atom is -0.396 e. The average molecular weight is 260 g/mol. The van der Waals surface area contributed by atoms with E-state index >= 15 is 0 Å². The van der Waals surface area contributed by atoms with Gasteiger partial charge in [-0.3, -0.25) is 0 Å². The number of rotatable bonds is 4. The molecule has 0 aromatic heterocycles. The molecule has 0 unspecified atom stereocenters. The summed E-state index contributed by atoms with van der Waals surface area (Å²) in [5.41, 5.74) is 1.15. The van der Waals surface area contributed by atoms with Gasteiger partial charge in [0, 0.05) is 24.7 Å². The first kappa shape index (κ1) is 12.0. The molecule has 0 radical (unpaired) electrons. The summed E-state index contributed by atoms with van der Waals surface area (Å²) in [5, 5.41) is 10.4. The van der Waals surface area contributed by atoms with Crippen molar-refractivity contribution in [2.45, 2.75) is 12.8 Å². The van der Waals surface area contributed by atoms with E-state index in [4.69, 9.17) is 23.2 Å². The second-order valence-electron chi connectivity index (χ2n) is 4.61. The molecular formula is C12H15Cl2NO. The Balaban J connectivity index is 2.09. The molecule has 2 rings (SSSR count). The molecule has 0 saturated heterocycles. The Bertz CT molecular complexity index is 391. The Kier molecular flexibility index (Phi) is 3.34. The summed E-state index contributed by atoms with van der Waals surface area (Å²) < 4.78 is 0. The van der Waals surface area contributed by atoms with Crippen LogP contribution in [0, 0.1) is 5.41 Å². The van der Waals surface area contributed by atoms with Crippen LogP contribution in [0.3, 0.4) is 0 Å². The Labute approximate surface area is 106 Å². The lowest BCUT2D eigenvalue weighted by Gasteiger charge is -2.24. The van der Waals surface area contributed by atoms with Crippen LogP contribution in [0.4, 0.5) is 5.69 Å². The number of aliphatic hydroxyl groups excluding tert-OH is 1. The van der Waals surface area contributed by atoms with E-state index < -0.39 is 0 Å². The van der Waals surface area contributed by atoms with Crippen LogP contribution in [0.25, 0.3) is 0 Å². The normalized spacial score (nSPS) is 17.2. The van der Waals surface area contributed by atoms with Crippen LogP contribution in [-0.4, -0.2) is 25.3 Å². The fraction of sp³-hybridized carbons (Fsp3) is 0.500. The van der Waals surface area contributed by atoms with Gasteiger partial charge in [-0.2, -0.15) is 0 Å². The molecule has 16 heavy (non-hydrogen) atoms. The van der Waals surface area contributed by atoms with Crippen LogP contribution in [-0.2, 0) is 0 Å². The number of hydrogen-bond donors (Lipinski definition) is 1. The molecule has 4 heteroatoms. The van der Waals surface area contributed by atoms with Gasteiger partial charge in [0.25, 0.3) is 0 Å². The largest absolute Gasteiger partial charge is 0.396 e. The first-order valence-electron chi connectivity index (χ1n) is 5.33. The number of benzene rings is 1. The molecule has 1 saturated carbocycles. The Morgan fingerprint density at radius 3 is 2.50 bits per heavy atom. The quantitative estimate of drug-likeness (QED) is 0.898. The van der Waals surface area contributed by atoms with E-state index in [-0.39, 0.29) is 12.0 Å². The highest BCUT2D eigenvalue weighted by atomic mass is 35.5. The fourth-order valence-electron chi connectivity index (χ4n) is 1.86. The zero-order valence-corrected chi connectivity index (χ0v) is 10.7. The maximum Gasteiger partial charge on any atom is 0.0612 e. The number of aliphatic hydroxyl groups is 1. The Hall–Kier alpha value is -0.440. The fourth-order valence-corrected chi connectivity index (χ4v) is 2.15. The van der Waals surface area contributed by atoms with Crippen LogP contribution >= 0.6 is 23.2 Å². The smallest absolute Gasteiger partial charge is 0.0612 e. The molecule has 88 valence electrons. The van der Waals surface area contributed by atoms with Crippen molar-refractivity contribution in [2.24, 2.45) is 5.41 Å². The summed E-state index contributed by atoms with van der Waals surface area (Å²) >= 11 is 11.8. The summed E-state index contributed by atoms with van der Waals surface area (Å²) in [4.78, 5) is 2.12. The van der Waals surface area contributed by atoms with E-state index in [2.05, 4.69) is 4.90 Å². The molecule has 1 aromatic carbocycles. The third-order valence-corrected chi connectivity index (χ3v) is 3.95. The molecule has 1 aromatic rings. The second-order valence-corrected chi connectivity index (χ2v) is 5.43. The first-order chi connectivity index (χ1) is 7.56. The van der Waals surface area contributed by atoms with Crippen LogP contribution in [0.15, 0.2) is 18.2 Å². The number of halogens is 2. The van der Waals surface area contributed by atoms with Crippen molar-refractivity contribution in [3.05, 3.63) is 28.2 Å². The molecule has 0 atom stereocenters. The number of anilines is 1. The van der Waals surface area contributed by atoms with Gasteiger partial charge >= 0.3 is 0 Å². The lowest BCUT2D eigenvalue weighted by atomic mass is 10.1. The van der Waals surface area contributed by atoms with E-state index in [0.29, 0.717) is 10.0 Å². The molecule has 1 aliphatic rings. The van der Waals surface area contributed by atoms with Gasteiger partial charge in [-0.15, -0.1) is 0 Å². The van der Waals surface area contributed by atoms with Gasteiger partial charge in [0.05, 0.1) is 16.7 Å². The maximum atomic E-state index is 9.28. The van der Waals surface area contributed by atoms with Crippen molar-refractivity contribution in [1.29, 1.82) is 0 Å². The van der Waals surface area contributed by atoms with Crippen molar-refractivity contribution in [1.82, 2.24) is 0 Å². The van der Waals surface area contributed by atoms with Gasteiger partial charge < -0.3 is 10.0 Å². The lowest BCUT2D eigenvalue weighted by Crippen LogP contribution is -2.28. The van der Waals surface area contributed by atoms with E-state index in [0.717, 1.165) is 25.1 Å². The molecule has 1 aliphatic carbocycles. The van der Waals surface area contributed by atoms with Gasteiger partial charge in [-0.1, -0.05) is 23.2 Å². The van der Waals surface area contributed by atoms with Crippen LogP contribution in [0.5, 0.6) is 0 Å². The van der Waals surface area contributed by atoms with Crippen LogP contribution in [0.2, 0.25) is 10.0 Å². The van der Waals surface area contributed by atoms with Gasteiger partial charge in [0.15, 0.2) is 0 Å². The summed E-state index contributed by atoms with van der Waals surface area (Å²) in [6.07, 6.45) is 2.21. The monoisotopic (exact) mass is 259 g/mol. The summed E-state index contributed by atoms with van der Waals surface area (Å²) in [6.45, 7) is 1.13. The van der Waals surface area contributed by atoms with Crippen LogP contribution in [0.1, 0.15) is 12.8 Å². The highest BCUT2D eigenvalue weighted by Crippen LogP contribution is 2.46. The Morgan fingerprint density at radius 2 is 2.00 bits per heavy atom. The van der Waals surface area contributed by atoms with E-state index in [9.17, 15) is 5.11 Å². The van der Waals surface area contributed by atoms with Gasteiger partial charge in [0.1, 0.15) is 0 Å². The van der Waals surface area contributed by atoms with Crippen molar-refractivity contribution in [2.75, 3.05) is 25.1 Å². The van der Waals surface area contributed by atoms with E-state index in [1.807, 2.05) is 19.2 Å². The third kappa shape index (κ3) is 2.45. The molecule has 2 nitrogen and oxygen atoms in total. The molecule has 0 amide bonds. The molecule has 0 heterocycles. The average Bonchev–Trinajstić information content (AvgIpc) is 3.02. The number of nitrogens with zero attached hydrogens (tertiary/aromatic N) is 1. The van der Waals surface area contributed by atoms with Crippen molar-refractivity contribution in [3.8, 4) is 0 Å². The molecule has 1 N–H and O–H groups in total. The zero-order chi connectivity index (χ0) is 11.8. The van der Waals surface area contributed by atoms with Crippen molar-refractivity contribution in [3.63, 3.8) is 0 Å². The standard InChI is InChI=1S/C12H15Cl2NO/c1-15(7-12(8-16)4-5-12)9-2-3-10(13)11(14)6-9/h2-3,6,16H,4-5,7-8H2,1H3. The molecule has 0 spiro atoms. The van der Waals surface area contributed by atoms with Gasteiger partial charge in [-0.05, 0) is 31.0 Å². The lowest BCUT2D eigenvalue weighted by molar-refractivity contribution is 0.215. The second kappa shape index (κ2) is 4.44. The molecular weight excluding hydrogens is 245 g/mol. The predicted octanol–water partition coefficient (Wildman–Crippen LogP) is 3.20. The highest BCUT2D eigenvalue weighted by Gasteiger charge is 2.42. The first-order valence-corrected chi connectivity index (χ1v) is 6.09. The number of hydrogen-bond acceptors (Lipinski definition) is 2. The van der Waals surface area contributed by atoms with Crippen molar-refractivity contribution < 1.29 is 5.11 Å². The highest BCUT2D eigenvalue weighted by molar-refractivity contribution is 6.42. The van der Waals surface area contributed by atoms with Gasteiger partial charge in [0.2, 0.25) is 0 Å². The van der Waals surface area contributed by atoms with E-state index in [1.165, 1.54) is 0 Å². The van der Waals surface area contributed by atoms with Gasteiger partial charge in [-0.25, -0.2) is 0 Å². The minimum atomic E-state index is 0.112. The molecule has 1 fully saturated rings. The summed E-state index contributed by atoms with van der Waals surface area (Å²) in [6, 6.07) is 5.60. The van der Waals surface area contributed by atoms with Crippen molar-refractivity contribution >= 4 is 28.9 Å². The topological polar surface area (TPSA) is 23.5 Å². The predicted molar refractivity (Wildman–Crippen MR) is 68.5 cm³/mol. The van der Waals surface area contributed by atoms with E-state index in [1.54, 1.807) is 6.07 Å². The maximum absolute atomic E-state index is 9.28. The Morgan fingerprint density at radius 1 is 1.31 bits per heavy atom. The minimum absolute atomic E-state index is 0.112. The molecule has 0 bridgehead atoms.